The van der Waals surface area contributed by atoms with Crippen LogP contribution < -0.4 is 5.32 Å². The number of nitrogens with one attached hydrogen (secondary N) is 1. The van der Waals surface area contributed by atoms with Gasteiger partial charge in [-0.25, -0.2) is 4.57 Å². The van der Waals surface area contributed by atoms with E-state index in [1.165, 1.54) is 25.7 Å². The number of carbonyl (C=O) groups excluding carboxylic acids is 1. The van der Waals surface area contributed by atoms with E-state index in [2.05, 4.69) is 79.9 Å². The second-order valence-corrected chi connectivity index (χ2v) is 15.0. The van der Waals surface area contributed by atoms with E-state index in [-0.39, 0.29) is 19.1 Å². The zero-order valence-corrected chi connectivity index (χ0v) is 32.5. The van der Waals surface area contributed by atoms with Gasteiger partial charge in [-0.15, -0.1) is 0 Å². The van der Waals surface area contributed by atoms with Gasteiger partial charge in [-0.3, -0.25) is 13.8 Å². The fraction of sp³-hybridized carbons (Fsp3) is 0.675. The Morgan fingerprint density at radius 1 is 0.714 bits per heavy atom. The summed E-state index contributed by atoms with van der Waals surface area (Å²) in [5, 5.41) is 13.6. The molecule has 0 spiro atoms. The highest BCUT2D eigenvalue weighted by atomic mass is 31.2. The summed E-state index contributed by atoms with van der Waals surface area (Å²) in [6.45, 7) is 4.55. The van der Waals surface area contributed by atoms with Crippen LogP contribution in [0, 0.1) is 0 Å². The Kier molecular flexibility index (Phi) is 30.5. The number of phosphoric acid groups is 1. The fourth-order valence-corrected chi connectivity index (χ4v) is 5.35. The standard InChI is InChI=1S/C40H71N2O6P/c1-6-8-10-12-14-16-17-18-19-20-21-22-23-24-25-26-28-30-32-34-40(44)41-38(37-48-49(45,46)47-36-35-42(3,4)5)39(43)33-31-29-27-15-13-11-9-7-2/h8,10,13-16,18-19,21-22,31,33,38-39,43H,6-7,9,11-12,17,20,23-30,32,34-37H2,1-5H3,(H-,41,44,45,46)/p+1/b10-8-,15-13+,16-14-,19-18-,22-21-,33-31+. The quantitative estimate of drug-likeness (QED) is 0.0278. The first-order chi connectivity index (χ1) is 23.5. The Bertz CT molecular complexity index is 1030. The van der Waals surface area contributed by atoms with Gasteiger partial charge in [0.15, 0.2) is 0 Å². The number of amides is 1. The molecule has 0 heterocycles. The molecule has 0 aromatic rings. The fourth-order valence-electron chi connectivity index (χ4n) is 4.62. The molecule has 0 aliphatic carbocycles. The molecule has 3 N–H and O–H groups in total. The molecule has 282 valence electrons. The van der Waals surface area contributed by atoms with Gasteiger partial charge in [0.2, 0.25) is 5.91 Å². The summed E-state index contributed by atoms with van der Waals surface area (Å²) in [5.74, 6) is -0.210. The summed E-state index contributed by atoms with van der Waals surface area (Å²) in [6, 6.07) is -0.871. The lowest BCUT2D eigenvalue weighted by Crippen LogP contribution is -2.45. The third kappa shape index (κ3) is 34.2. The Morgan fingerprint density at radius 3 is 1.88 bits per heavy atom. The van der Waals surface area contributed by atoms with Crippen molar-refractivity contribution >= 4 is 13.7 Å². The van der Waals surface area contributed by atoms with E-state index in [1.807, 2.05) is 27.2 Å². The van der Waals surface area contributed by atoms with Crippen LogP contribution in [0.25, 0.3) is 0 Å². The molecule has 0 saturated heterocycles. The van der Waals surface area contributed by atoms with Crippen LogP contribution in [0.1, 0.15) is 123 Å². The molecule has 1 amide bonds. The molecule has 0 aromatic heterocycles. The number of aliphatic hydroxyl groups is 1. The first-order valence-corrected chi connectivity index (χ1v) is 20.3. The molecule has 0 aliphatic rings. The van der Waals surface area contributed by atoms with Crippen LogP contribution in [0.5, 0.6) is 0 Å². The van der Waals surface area contributed by atoms with Crippen molar-refractivity contribution in [2.45, 2.75) is 135 Å². The van der Waals surface area contributed by atoms with Crippen LogP contribution in [-0.4, -0.2) is 73.4 Å². The molecule has 0 rings (SSSR count). The number of allylic oxidation sites excluding steroid dienone is 11. The largest absolute Gasteiger partial charge is 0.472 e. The van der Waals surface area contributed by atoms with Crippen molar-refractivity contribution in [2.24, 2.45) is 0 Å². The van der Waals surface area contributed by atoms with Crippen molar-refractivity contribution in [2.75, 3.05) is 40.9 Å². The molecule has 3 unspecified atom stereocenters. The van der Waals surface area contributed by atoms with E-state index in [0.717, 1.165) is 77.0 Å². The summed E-state index contributed by atoms with van der Waals surface area (Å²) in [6.07, 6.45) is 41.3. The van der Waals surface area contributed by atoms with Gasteiger partial charge in [-0.1, -0.05) is 125 Å². The predicted molar refractivity (Wildman–Crippen MR) is 207 cm³/mol. The van der Waals surface area contributed by atoms with Crippen molar-refractivity contribution in [1.29, 1.82) is 0 Å². The number of phosphoric ester groups is 1. The molecular formula is C40H72N2O6P+. The molecule has 0 fully saturated rings. The van der Waals surface area contributed by atoms with Crippen molar-refractivity contribution < 1.29 is 32.9 Å². The van der Waals surface area contributed by atoms with Gasteiger partial charge in [0.25, 0.3) is 0 Å². The lowest BCUT2D eigenvalue weighted by molar-refractivity contribution is -0.870. The smallest absolute Gasteiger partial charge is 0.387 e. The van der Waals surface area contributed by atoms with Crippen molar-refractivity contribution in [3.8, 4) is 0 Å². The number of hydrogen-bond donors (Lipinski definition) is 3. The highest BCUT2D eigenvalue weighted by molar-refractivity contribution is 7.47. The first kappa shape index (κ1) is 46.9. The second kappa shape index (κ2) is 31.9. The van der Waals surface area contributed by atoms with Crippen LogP contribution in [0.4, 0.5) is 0 Å². The summed E-state index contributed by atoms with van der Waals surface area (Å²) in [4.78, 5) is 22.9. The van der Waals surface area contributed by atoms with Crippen molar-refractivity contribution in [3.63, 3.8) is 0 Å². The Morgan fingerprint density at radius 2 is 1.24 bits per heavy atom. The molecule has 9 heteroatoms. The maximum absolute atomic E-state index is 12.8. The molecular weight excluding hydrogens is 635 g/mol. The van der Waals surface area contributed by atoms with Crippen LogP contribution in [0.15, 0.2) is 72.9 Å². The first-order valence-electron chi connectivity index (χ1n) is 18.8. The van der Waals surface area contributed by atoms with Gasteiger partial charge in [0.05, 0.1) is 39.9 Å². The number of rotatable bonds is 32. The number of hydrogen-bond acceptors (Lipinski definition) is 5. The number of quaternary nitrogens is 1. The number of carbonyl (C=O) groups is 1. The summed E-state index contributed by atoms with van der Waals surface area (Å²) < 4.78 is 23.3. The van der Waals surface area contributed by atoms with Crippen LogP contribution >= 0.6 is 7.82 Å². The zero-order valence-electron chi connectivity index (χ0n) is 31.6. The van der Waals surface area contributed by atoms with E-state index in [0.29, 0.717) is 17.4 Å². The molecule has 49 heavy (non-hydrogen) atoms. The average molecular weight is 708 g/mol. The van der Waals surface area contributed by atoms with Crippen LogP contribution in [0.3, 0.4) is 0 Å². The van der Waals surface area contributed by atoms with Gasteiger partial charge < -0.3 is 19.8 Å². The second-order valence-electron chi connectivity index (χ2n) is 13.6. The van der Waals surface area contributed by atoms with E-state index in [1.54, 1.807) is 6.08 Å². The number of nitrogens with zero attached hydrogens (tertiary/aromatic N) is 1. The molecule has 0 radical (unpaired) electrons. The van der Waals surface area contributed by atoms with Crippen molar-refractivity contribution in [3.05, 3.63) is 72.9 Å². The number of unbranched alkanes of at least 4 members (excludes halogenated alkanes) is 9. The summed E-state index contributed by atoms with van der Waals surface area (Å²) in [7, 11) is 1.52. The predicted octanol–water partition coefficient (Wildman–Crippen LogP) is 9.68. The van der Waals surface area contributed by atoms with E-state index < -0.39 is 20.0 Å². The SMILES string of the molecule is CC/C=C\C/C=C\C/C=C\C/C=C\CCCCCCCCC(=O)NC(COP(=O)(O)OCC[N+](C)(C)C)C(O)/C=C/CC/C=C/CCCC. The zero-order chi connectivity index (χ0) is 36.5. The minimum atomic E-state index is -4.34. The lowest BCUT2D eigenvalue weighted by Gasteiger charge is -2.25. The van der Waals surface area contributed by atoms with Gasteiger partial charge in [0, 0.05) is 6.42 Å². The van der Waals surface area contributed by atoms with Gasteiger partial charge in [0.1, 0.15) is 13.2 Å². The maximum Gasteiger partial charge on any atom is 0.472 e. The Labute approximate surface area is 300 Å². The highest BCUT2D eigenvalue weighted by Crippen LogP contribution is 2.43. The Balaban J connectivity index is 4.46. The van der Waals surface area contributed by atoms with E-state index >= 15 is 0 Å². The highest BCUT2D eigenvalue weighted by Gasteiger charge is 2.27. The molecule has 0 bridgehead atoms. The minimum Gasteiger partial charge on any atom is -0.387 e. The Hall–Kier alpha value is -2.06. The molecule has 0 aliphatic heterocycles. The summed E-state index contributed by atoms with van der Waals surface area (Å²) >= 11 is 0. The van der Waals surface area contributed by atoms with Gasteiger partial charge in [-0.2, -0.15) is 0 Å². The van der Waals surface area contributed by atoms with Crippen LogP contribution in [-0.2, 0) is 18.4 Å². The van der Waals surface area contributed by atoms with E-state index in [9.17, 15) is 19.4 Å². The van der Waals surface area contributed by atoms with Gasteiger partial charge in [-0.05, 0) is 64.2 Å². The minimum absolute atomic E-state index is 0.0486. The maximum atomic E-state index is 12.8. The lowest BCUT2D eigenvalue weighted by atomic mass is 10.1. The molecule has 8 nitrogen and oxygen atoms in total. The molecule has 0 saturated carbocycles. The third-order valence-corrected chi connectivity index (χ3v) is 8.64. The third-order valence-electron chi connectivity index (χ3n) is 7.66. The summed E-state index contributed by atoms with van der Waals surface area (Å²) in [5.41, 5.74) is 0. The molecule has 0 aromatic carbocycles. The van der Waals surface area contributed by atoms with Gasteiger partial charge >= 0.3 is 7.82 Å². The molecule has 3 atom stereocenters. The average Bonchev–Trinajstić information content (AvgIpc) is 3.04. The van der Waals surface area contributed by atoms with Crippen LogP contribution in [0.2, 0.25) is 0 Å². The number of aliphatic hydroxyl groups excluding tert-OH is 1. The normalized spacial score (nSPS) is 15.5. The van der Waals surface area contributed by atoms with E-state index in [4.69, 9.17) is 9.05 Å². The topological polar surface area (TPSA) is 105 Å². The van der Waals surface area contributed by atoms with Crippen molar-refractivity contribution in [1.82, 2.24) is 5.32 Å². The monoisotopic (exact) mass is 708 g/mol. The number of likely N-dealkylation sites (N-methyl/N-ethyl adjacent to an activating group) is 1.